The number of nitrogens with zero attached hydrogens (tertiary/aromatic N) is 2. The summed E-state index contributed by atoms with van der Waals surface area (Å²) in [6, 6.07) is 12.7. The molecule has 1 N–H and O–H groups in total. The Morgan fingerprint density at radius 2 is 1.79 bits per heavy atom. The highest BCUT2D eigenvalue weighted by atomic mass is 35.5. The molecule has 6 nitrogen and oxygen atoms in total. The number of hydrogen-bond acceptors (Lipinski definition) is 4. The van der Waals surface area contributed by atoms with Crippen molar-refractivity contribution in [3.05, 3.63) is 58.1 Å². The molecule has 0 saturated carbocycles. The minimum Gasteiger partial charge on any atom is -0.369 e. The molecule has 0 aliphatic carbocycles. The van der Waals surface area contributed by atoms with Crippen molar-refractivity contribution in [2.75, 3.05) is 42.1 Å². The number of carbonyl (C=O) groups is 1. The van der Waals surface area contributed by atoms with Crippen LogP contribution in [0, 0.1) is 6.92 Å². The van der Waals surface area contributed by atoms with Gasteiger partial charge < -0.3 is 10.2 Å². The molecule has 0 spiro atoms. The predicted molar refractivity (Wildman–Crippen MR) is 114 cm³/mol. The van der Waals surface area contributed by atoms with E-state index in [1.165, 1.54) is 16.4 Å². The van der Waals surface area contributed by atoms with Crippen LogP contribution in [-0.4, -0.2) is 50.6 Å². The van der Waals surface area contributed by atoms with E-state index in [0.717, 1.165) is 11.3 Å². The lowest BCUT2D eigenvalue weighted by Gasteiger charge is -2.35. The van der Waals surface area contributed by atoms with Crippen LogP contribution in [0.3, 0.4) is 0 Å². The summed E-state index contributed by atoms with van der Waals surface area (Å²) in [7, 11) is -3.71. The molecule has 0 radical (unpaired) electrons. The summed E-state index contributed by atoms with van der Waals surface area (Å²) in [5, 5.41) is 3.21. The fourth-order valence-corrected chi connectivity index (χ4v) is 4.84. The van der Waals surface area contributed by atoms with Gasteiger partial charge in [-0.05, 0) is 42.8 Å². The quantitative estimate of drug-likeness (QED) is 0.771. The van der Waals surface area contributed by atoms with Crippen LogP contribution in [-0.2, 0) is 14.8 Å². The van der Waals surface area contributed by atoms with E-state index in [-0.39, 0.29) is 5.02 Å². The second-order valence-corrected chi connectivity index (χ2v) is 9.47. The van der Waals surface area contributed by atoms with E-state index >= 15 is 0 Å². The number of benzene rings is 2. The molecule has 1 amide bonds. The van der Waals surface area contributed by atoms with E-state index in [9.17, 15) is 13.2 Å². The summed E-state index contributed by atoms with van der Waals surface area (Å²) in [4.78, 5) is 14.4. The maximum absolute atomic E-state index is 12.6. The molecule has 0 unspecified atom stereocenters. The number of amides is 1. The topological polar surface area (TPSA) is 69.7 Å². The highest BCUT2D eigenvalue weighted by molar-refractivity contribution is 7.89. The number of halogens is 2. The normalized spacial score (nSPS) is 15.5. The Balaban J connectivity index is 1.58. The van der Waals surface area contributed by atoms with Crippen LogP contribution < -0.4 is 10.2 Å². The summed E-state index contributed by atoms with van der Waals surface area (Å²) >= 11 is 11.8. The van der Waals surface area contributed by atoms with Gasteiger partial charge in [-0.2, -0.15) is 4.31 Å². The highest BCUT2D eigenvalue weighted by Crippen LogP contribution is 2.25. The standard InChI is InChI=1S/C19H21Cl2N3O3S/c1-14-3-2-4-16(11-14)23-7-9-24(10-8-23)28(26,27)13-19(25)22-18-6-5-15(20)12-17(18)21/h2-6,11-12H,7-10,13H2,1H3,(H,22,25). The molecule has 1 fully saturated rings. The Kier molecular flexibility index (Phi) is 6.50. The summed E-state index contributed by atoms with van der Waals surface area (Å²) in [6.45, 7) is 3.85. The first-order valence-electron chi connectivity index (χ1n) is 8.79. The van der Waals surface area contributed by atoms with E-state index in [4.69, 9.17) is 23.2 Å². The van der Waals surface area contributed by atoms with E-state index in [0.29, 0.717) is 36.9 Å². The van der Waals surface area contributed by atoms with Gasteiger partial charge in [0.05, 0.1) is 10.7 Å². The largest absolute Gasteiger partial charge is 0.369 e. The molecule has 1 aliphatic rings. The lowest BCUT2D eigenvalue weighted by molar-refractivity contribution is -0.113. The number of aryl methyl sites for hydroxylation is 1. The average molecular weight is 442 g/mol. The number of carbonyl (C=O) groups excluding carboxylic acids is 1. The molecule has 0 aromatic heterocycles. The Morgan fingerprint density at radius 3 is 2.43 bits per heavy atom. The van der Waals surface area contributed by atoms with Crippen molar-refractivity contribution in [1.29, 1.82) is 0 Å². The fraction of sp³-hybridized carbons (Fsp3) is 0.316. The monoisotopic (exact) mass is 441 g/mol. The van der Waals surface area contributed by atoms with Crippen molar-refractivity contribution in [3.63, 3.8) is 0 Å². The van der Waals surface area contributed by atoms with Gasteiger partial charge in [0.15, 0.2) is 0 Å². The molecule has 2 aromatic rings. The van der Waals surface area contributed by atoms with Crippen LogP contribution in [0.1, 0.15) is 5.56 Å². The second-order valence-electron chi connectivity index (χ2n) is 6.65. The first-order valence-corrected chi connectivity index (χ1v) is 11.2. The minimum absolute atomic E-state index is 0.255. The van der Waals surface area contributed by atoms with E-state index < -0.39 is 21.7 Å². The highest BCUT2D eigenvalue weighted by Gasteiger charge is 2.29. The van der Waals surface area contributed by atoms with Crippen molar-refractivity contribution in [2.24, 2.45) is 0 Å². The van der Waals surface area contributed by atoms with Gasteiger partial charge in [-0.3, -0.25) is 4.79 Å². The molecular weight excluding hydrogens is 421 g/mol. The fourth-order valence-electron chi connectivity index (χ4n) is 3.08. The van der Waals surface area contributed by atoms with Crippen LogP contribution in [0.25, 0.3) is 0 Å². The van der Waals surface area contributed by atoms with Gasteiger partial charge in [0.1, 0.15) is 5.75 Å². The first-order chi connectivity index (χ1) is 13.2. The molecular formula is C19H21Cl2N3O3S. The third kappa shape index (κ3) is 5.17. The number of nitrogens with one attached hydrogen (secondary N) is 1. The molecule has 1 aliphatic heterocycles. The summed E-state index contributed by atoms with van der Waals surface area (Å²) in [6.07, 6.45) is 0. The van der Waals surface area contributed by atoms with Gasteiger partial charge in [-0.1, -0.05) is 35.3 Å². The molecule has 3 rings (SSSR count). The Bertz CT molecular complexity index is 974. The minimum atomic E-state index is -3.71. The van der Waals surface area contributed by atoms with Gasteiger partial charge in [-0.15, -0.1) is 0 Å². The lowest BCUT2D eigenvalue weighted by atomic mass is 10.2. The SMILES string of the molecule is Cc1cccc(N2CCN(S(=O)(=O)CC(=O)Nc3ccc(Cl)cc3Cl)CC2)c1. The van der Waals surface area contributed by atoms with Crippen LogP contribution in [0.2, 0.25) is 10.0 Å². The van der Waals surface area contributed by atoms with Gasteiger partial charge in [-0.25, -0.2) is 8.42 Å². The van der Waals surface area contributed by atoms with Crippen LogP contribution >= 0.6 is 23.2 Å². The first kappa shape index (κ1) is 20.9. The molecule has 2 aromatic carbocycles. The third-order valence-electron chi connectivity index (χ3n) is 4.52. The van der Waals surface area contributed by atoms with Crippen molar-refractivity contribution in [2.45, 2.75) is 6.92 Å². The predicted octanol–water partition coefficient (Wildman–Crippen LogP) is 3.39. The summed E-state index contributed by atoms with van der Waals surface area (Å²) in [5.74, 6) is -1.26. The average Bonchev–Trinajstić information content (AvgIpc) is 2.64. The number of piperazine rings is 1. The Labute approximate surface area is 175 Å². The summed E-state index contributed by atoms with van der Waals surface area (Å²) in [5.41, 5.74) is 2.56. The van der Waals surface area contributed by atoms with Crippen molar-refractivity contribution in [3.8, 4) is 0 Å². The number of rotatable bonds is 5. The smallest absolute Gasteiger partial charge is 0.241 e. The lowest BCUT2D eigenvalue weighted by Crippen LogP contribution is -2.50. The second kappa shape index (κ2) is 8.69. The van der Waals surface area contributed by atoms with E-state index in [1.807, 2.05) is 25.1 Å². The van der Waals surface area contributed by atoms with Crippen molar-refractivity contribution < 1.29 is 13.2 Å². The molecule has 1 saturated heterocycles. The van der Waals surface area contributed by atoms with Crippen LogP contribution in [0.4, 0.5) is 11.4 Å². The zero-order chi connectivity index (χ0) is 20.3. The number of anilines is 2. The van der Waals surface area contributed by atoms with Crippen molar-refractivity contribution in [1.82, 2.24) is 4.31 Å². The van der Waals surface area contributed by atoms with Gasteiger partial charge in [0.2, 0.25) is 15.9 Å². The number of sulfonamides is 1. The van der Waals surface area contributed by atoms with Gasteiger partial charge in [0.25, 0.3) is 0 Å². The van der Waals surface area contributed by atoms with Gasteiger partial charge >= 0.3 is 0 Å². The summed E-state index contributed by atoms with van der Waals surface area (Å²) < 4.78 is 26.6. The van der Waals surface area contributed by atoms with Crippen LogP contribution in [0.5, 0.6) is 0 Å². The zero-order valence-electron chi connectivity index (χ0n) is 15.4. The van der Waals surface area contributed by atoms with Crippen LogP contribution in [0.15, 0.2) is 42.5 Å². The molecule has 1 heterocycles. The third-order valence-corrected chi connectivity index (χ3v) is 6.84. The zero-order valence-corrected chi connectivity index (χ0v) is 17.7. The number of hydrogen-bond donors (Lipinski definition) is 1. The maximum atomic E-state index is 12.6. The molecule has 0 atom stereocenters. The van der Waals surface area contributed by atoms with Crippen molar-refractivity contribution >= 4 is 50.5 Å². The van der Waals surface area contributed by atoms with E-state index in [2.05, 4.69) is 16.3 Å². The molecule has 150 valence electrons. The molecule has 9 heteroatoms. The van der Waals surface area contributed by atoms with Gasteiger partial charge in [0, 0.05) is 36.9 Å². The molecule has 0 bridgehead atoms. The molecule has 28 heavy (non-hydrogen) atoms. The van der Waals surface area contributed by atoms with E-state index in [1.54, 1.807) is 6.07 Å². The Hall–Kier alpha value is -1.80. The maximum Gasteiger partial charge on any atom is 0.241 e. The Morgan fingerprint density at radius 1 is 1.07 bits per heavy atom.